The van der Waals surface area contributed by atoms with E-state index in [9.17, 15) is 14.3 Å². The summed E-state index contributed by atoms with van der Waals surface area (Å²) in [5.74, 6) is -0.268. The Hall–Kier alpha value is -1.95. The van der Waals surface area contributed by atoms with Gasteiger partial charge in [0.05, 0.1) is 22.7 Å². The van der Waals surface area contributed by atoms with Crippen molar-refractivity contribution in [3.63, 3.8) is 0 Å². The largest absolute Gasteiger partial charge is 0.390 e. The van der Waals surface area contributed by atoms with Crippen molar-refractivity contribution in [3.8, 4) is 0 Å². The summed E-state index contributed by atoms with van der Waals surface area (Å²) in [6.07, 6.45) is 7.13. The molecule has 5 fully saturated rings. The third-order valence-corrected chi connectivity index (χ3v) is 8.61. The number of carbonyl (C=O) groups excluding carboxylic acids is 1. The van der Waals surface area contributed by atoms with Gasteiger partial charge in [-0.1, -0.05) is 6.92 Å². The van der Waals surface area contributed by atoms with E-state index < -0.39 is 11.5 Å². The molecule has 3 heterocycles. The Bertz CT molecular complexity index is 1090. The zero-order chi connectivity index (χ0) is 21.7. The summed E-state index contributed by atoms with van der Waals surface area (Å²) in [7, 11) is 1.88. The van der Waals surface area contributed by atoms with Crippen molar-refractivity contribution in [1.82, 2.24) is 14.7 Å². The first kappa shape index (κ1) is 19.7. The standard InChI is InChI=1S/C25H32FN3O2/c1-14(22-21-19(28(3)27-22)7-6-18(26)20(21)15-4-5-15)23(30)29-16-8-9-25(31)12-17(29)11-24(2,10-16)13-25/h6-7,14-17,31H,4-5,8-13H2,1-3H3. The summed E-state index contributed by atoms with van der Waals surface area (Å²) in [6, 6.07) is 3.61. The number of aryl methyl sites for hydroxylation is 1. The number of benzene rings is 1. The van der Waals surface area contributed by atoms with E-state index in [4.69, 9.17) is 5.10 Å². The van der Waals surface area contributed by atoms with Crippen molar-refractivity contribution in [1.29, 1.82) is 0 Å². The molecule has 3 saturated carbocycles. The molecule has 0 spiro atoms. The zero-order valence-corrected chi connectivity index (χ0v) is 18.7. The third kappa shape index (κ3) is 2.90. The van der Waals surface area contributed by atoms with Crippen LogP contribution in [0.25, 0.3) is 10.9 Å². The molecule has 0 radical (unpaired) electrons. The van der Waals surface area contributed by atoms with Crippen LogP contribution in [0, 0.1) is 11.2 Å². The number of hydrogen-bond donors (Lipinski definition) is 1. The fourth-order valence-electron chi connectivity index (χ4n) is 7.36. The average molecular weight is 426 g/mol. The maximum absolute atomic E-state index is 14.8. The van der Waals surface area contributed by atoms with Crippen LogP contribution in [-0.2, 0) is 11.8 Å². The molecule has 2 saturated heterocycles. The van der Waals surface area contributed by atoms with Gasteiger partial charge in [0.15, 0.2) is 0 Å². The molecule has 3 aliphatic carbocycles. The van der Waals surface area contributed by atoms with E-state index in [1.807, 2.05) is 14.0 Å². The molecule has 2 aliphatic heterocycles. The Labute approximate surface area is 182 Å². The minimum absolute atomic E-state index is 0.0919. The van der Waals surface area contributed by atoms with Gasteiger partial charge in [-0.15, -0.1) is 0 Å². The van der Waals surface area contributed by atoms with Crippen LogP contribution < -0.4 is 0 Å². The van der Waals surface area contributed by atoms with Gasteiger partial charge in [-0.2, -0.15) is 5.10 Å². The van der Waals surface area contributed by atoms with Gasteiger partial charge in [0.2, 0.25) is 5.91 Å². The predicted molar refractivity (Wildman–Crippen MR) is 116 cm³/mol. The van der Waals surface area contributed by atoms with Crippen molar-refractivity contribution in [3.05, 3.63) is 29.2 Å². The van der Waals surface area contributed by atoms with E-state index >= 15 is 0 Å². The van der Waals surface area contributed by atoms with Crippen LogP contribution in [0.1, 0.15) is 88.3 Å². The molecule has 31 heavy (non-hydrogen) atoms. The highest BCUT2D eigenvalue weighted by Crippen LogP contribution is 2.56. The minimum atomic E-state index is -0.634. The highest BCUT2D eigenvalue weighted by molar-refractivity contribution is 5.93. The lowest BCUT2D eigenvalue weighted by atomic mass is 9.63. The number of rotatable bonds is 3. The van der Waals surface area contributed by atoms with Gasteiger partial charge in [-0.3, -0.25) is 9.48 Å². The van der Waals surface area contributed by atoms with Crippen molar-refractivity contribution >= 4 is 16.8 Å². The van der Waals surface area contributed by atoms with Gasteiger partial charge in [0.1, 0.15) is 5.82 Å². The van der Waals surface area contributed by atoms with Crippen LogP contribution in [0.15, 0.2) is 12.1 Å². The Balaban J connectivity index is 1.40. The van der Waals surface area contributed by atoms with Gasteiger partial charge in [0.25, 0.3) is 0 Å². The number of amides is 1. The first-order chi connectivity index (χ1) is 14.7. The van der Waals surface area contributed by atoms with E-state index in [0.717, 1.165) is 61.4 Å². The SMILES string of the molecule is CC(C(=O)N1C2CCC3(O)CC1CC(C)(C2)C3)c1nn(C)c2ccc(F)c(C3CC3)c12. The van der Waals surface area contributed by atoms with Gasteiger partial charge < -0.3 is 10.0 Å². The summed E-state index contributed by atoms with van der Waals surface area (Å²) in [6.45, 7) is 4.22. The van der Waals surface area contributed by atoms with E-state index in [2.05, 4.69) is 11.8 Å². The fourth-order valence-corrected chi connectivity index (χ4v) is 7.36. The highest BCUT2D eigenvalue weighted by atomic mass is 19.1. The maximum Gasteiger partial charge on any atom is 0.232 e. The molecule has 2 aromatic rings. The summed E-state index contributed by atoms with van der Waals surface area (Å²) in [5.41, 5.74) is 1.85. The Morgan fingerprint density at radius 2 is 1.97 bits per heavy atom. The Morgan fingerprint density at radius 1 is 1.23 bits per heavy atom. The predicted octanol–water partition coefficient (Wildman–Crippen LogP) is 4.38. The smallest absolute Gasteiger partial charge is 0.232 e. The average Bonchev–Trinajstić information content (AvgIpc) is 3.49. The molecule has 1 amide bonds. The van der Waals surface area contributed by atoms with E-state index in [1.54, 1.807) is 16.8 Å². The number of aromatic nitrogens is 2. The van der Waals surface area contributed by atoms with Crippen molar-refractivity contribution in [2.75, 3.05) is 0 Å². The maximum atomic E-state index is 14.8. The molecule has 5 atom stereocenters. The molecule has 1 aromatic carbocycles. The van der Waals surface area contributed by atoms with Crippen LogP contribution in [0.2, 0.25) is 0 Å². The summed E-state index contributed by atoms with van der Waals surface area (Å²) in [4.78, 5) is 16.0. The minimum Gasteiger partial charge on any atom is -0.390 e. The molecular weight excluding hydrogens is 393 g/mol. The second kappa shape index (κ2) is 6.31. The molecule has 5 unspecified atom stereocenters. The second-order valence-corrected chi connectivity index (χ2v) is 11.3. The number of fused-ring (bicyclic) bond motifs is 2. The fraction of sp³-hybridized carbons (Fsp3) is 0.680. The first-order valence-electron chi connectivity index (χ1n) is 11.9. The molecule has 4 bridgehead atoms. The molecule has 6 heteroatoms. The summed E-state index contributed by atoms with van der Waals surface area (Å²) < 4.78 is 16.6. The molecule has 166 valence electrons. The number of nitrogens with zero attached hydrogens (tertiary/aromatic N) is 3. The monoisotopic (exact) mass is 425 g/mol. The molecule has 7 rings (SSSR count). The van der Waals surface area contributed by atoms with E-state index in [1.165, 1.54) is 0 Å². The lowest BCUT2D eigenvalue weighted by molar-refractivity contribution is -0.150. The van der Waals surface area contributed by atoms with Crippen molar-refractivity contribution in [2.45, 2.75) is 94.7 Å². The summed E-state index contributed by atoms with van der Waals surface area (Å²) >= 11 is 0. The molecule has 1 N–H and O–H groups in total. The number of hydrogen-bond acceptors (Lipinski definition) is 3. The Morgan fingerprint density at radius 3 is 2.71 bits per heavy atom. The van der Waals surface area contributed by atoms with E-state index in [-0.39, 0.29) is 35.1 Å². The lowest BCUT2D eigenvalue weighted by Crippen LogP contribution is -2.59. The van der Waals surface area contributed by atoms with Crippen LogP contribution in [0.5, 0.6) is 0 Å². The van der Waals surface area contributed by atoms with Gasteiger partial charge in [0, 0.05) is 30.1 Å². The van der Waals surface area contributed by atoms with E-state index in [0.29, 0.717) is 12.1 Å². The summed E-state index contributed by atoms with van der Waals surface area (Å²) in [5, 5.41) is 16.8. The Kier molecular flexibility index (Phi) is 4.01. The quantitative estimate of drug-likeness (QED) is 0.794. The topological polar surface area (TPSA) is 58.4 Å². The number of halogens is 1. The van der Waals surface area contributed by atoms with Crippen LogP contribution in [0.4, 0.5) is 4.39 Å². The highest BCUT2D eigenvalue weighted by Gasteiger charge is 2.56. The molecule has 1 aromatic heterocycles. The molecular formula is C25H32FN3O2. The van der Waals surface area contributed by atoms with Crippen molar-refractivity contribution in [2.24, 2.45) is 12.5 Å². The van der Waals surface area contributed by atoms with Crippen LogP contribution in [-0.4, -0.2) is 43.4 Å². The number of carbonyl (C=O) groups is 1. The zero-order valence-electron chi connectivity index (χ0n) is 18.7. The normalized spacial score (nSPS) is 35.6. The van der Waals surface area contributed by atoms with Gasteiger partial charge in [-0.05, 0) is 81.8 Å². The second-order valence-electron chi connectivity index (χ2n) is 11.3. The van der Waals surface area contributed by atoms with Crippen molar-refractivity contribution < 1.29 is 14.3 Å². The first-order valence-corrected chi connectivity index (χ1v) is 11.9. The van der Waals surface area contributed by atoms with Gasteiger partial charge in [-0.25, -0.2) is 4.39 Å². The third-order valence-electron chi connectivity index (χ3n) is 8.61. The van der Waals surface area contributed by atoms with Gasteiger partial charge >= 0.3 is 0 Å². The molecule has 5 aliphatic rings. The lowest BCUT2D eigenvalue weighted by Gasteiger charge is -2.54. The number of aliphatic hydroxyl groups is 1. The molecule has 5 nitrogen and oxygen atoms in total. The van der Waals surface area contributed by atoms with Crippen LogP contribution in [0.3, 0.4) is 0 Å². The van der Waals surface area contributed by atoms with Crippen LogP contribution >= 0.6 is 0 Å². The number of piperidine rings is 1.